The molecule has 0 radical (unpaired) electrons. The summed E-state index contributed by atoms with van der Waals surface area (Å²) in [7, 11) is 1.53. The Labute approximate surface area is 174 Å². The lowest BCUT2D eigenvalue weighted by Crippen LogP contribution is -2.45. The predicted molar refractivity (Wildman–Crippen MR) is 104 cm³/mol. The number of hydrogen-bond acceptors (Lipinski definition) is 6. The first-order valence-corrected chi connectivity index (χ1v) is 10.3. The van der Waals surface area contributed by atoms with Crippen LogP contribution in [-0.2, 0) is 19.1 Å². The molecule has 0 spiro atoms. The quantitative estimate of drug-likeness (QED) is 0.308. The first-order chi connectivity index (χ1) is 14.4. The molecule has 5 aliphatic rings. The number of esters is 1. The SMILES string of the molecule is COc1ccc(C(=O)COC(=O)[C@H](C)N2C(=O)[C@@H]3[C@H]4C=C[C@@H]([C@@H]5C[C@@H]45)[C@H]3C2=O)cc1. The van der Waals surface area contributed by atoms with Crippen LogP contribution in [0.15, 0.2) is 36.4 Å². The van der Waals surface area contributed by atoms with Crippen LogP contribution >= 0.6 is 0 Å². The molecule has 2 bridgehead atoms. The van der Waals surface area contributed by atoms with Crippen molar-refractivity contribution < 1.29 is 28.7 Å². The van der Waals surface area contributed by atoms with E-state index in [0.29, 0.717) is 23.1 Å². The summed E-state index contributed by atoms with van der Waals surface area (Å²) >= 11 is 0. The fourth-order valence-corrected chi connectivity index (χ4v) is 5.58. The number of ketones is 1. The lowest BCUT2D eigenvalue weighted by Gasteiger charge is -2.37. The summed E-state index contributed by atoms with van der Waals surface area (Å²) in [5, 5.41) is 0. The van der Waals surface area contributed by atoms with Crippen LogP contribution in [0.2, 0.25) is 0 Å². The number of amides is 2. The molecule has 3 fully saturated rings. The Morgan fingerprint density at radius 1 is 1.03 bits per heavy atom. The molecule has 1 aliphatic heterocycles. The van der Waals surface area contributed by atoms with Gasteiger partial charge in [0.25, 0.3) is 0 Å². The van der Waals surface area contributed by atoms with Crippen LogP contribution in [0.5, 0.6) is 5.75 Å². The summed E-state index contributed by atoms with van der Waals surface area (Å²) < 4.78 is 10.2. The smallest absolute Gasteiger partial charge is 0.329 e. The molecule has 156 valence electrons. The van der Waals surface area contributed by atoms with Crippen molar-refractivity contribution in [3.8, 4) is 5.75 Å². The Balaban J connectivity index is 1.24. The number of methoxy groups -OCH3 is 1. The Kier molecular flexibility index (Phi) is 4.31. The molecule has 0 aromatic heterocycles. The van der Waals surface area contributed by atoms with Gasteiger partial charge in [-0.25, -0.2) is 4.79 Å². The van der Waals surface area contributed by atoms with Crippen molar-refractivity contribution in [1.82, 2.24) is 4.90 Å². The highest BCUT2D eigenvalue weighted by molar-refractivity contribution is 6.09. The number of allylic oxidation sites excluding steroid dienone is 2. The van der Waals surface area contributed by atoms with E-state index >= 15 is 0 Å². The summed E-state index contributed by atoms with van der Waals surface area (Å²) in [6, 6.07) is 5.42. The molecule has 1 aromatic carbocycles. The zero-order valence-corrected chi connectivity index (χ0v) is 16.8. The zero-order chi connectivity index (χ0) is 21.2. The van der Waals surface area contributed by atoms with Gasteiger partial charge in [0.1, 0.15) is 11.8 Å². The van der Waals surface area contributed by atoms with Crippen LogP contribution in [0.3, 0.4) is 0 Å². The summed E-state index contributed by atoms with van der Waals surface area (Å²) in [5.74, 6) is -0.551. The maximum Gasteiger partial charge on any atom is 0.329 e. The Morgan fingerprint density at radius 3 is 2.13 bits per heavy atom. The van der Waals surface area contributed by atoms with E-state index < -0.39 is 18.6 Å². The molecule has 30 heavy (non-hydrogen) atoms. The molecular weight excluding hydrogens is 386 g/mol. The van der Waals surface area contributed by atoms with Crippen LogP contribution in [0.25, 0.3) is 0 Å². The summed E-state index contributed by atoms with van der Waals surface area (Å²) in [5.41, 5.74) is 0.387. The molecule has 1 heterocycles. The molecule has 7 nitrogen and oxygen atoms in total. The minimum absolute atomic E-state index is 0.103. The Morgan fingerprint density at radius 2 is 1.60 bits per heavy atom. The summed E-state index contributed by atoms with van der Waals surface area (Å²) in [6.07, 6.45) is 5.26. The third kappa shape index (κ3) is 2.71. The lowest BCUT2D eigenvalue weighted by molar-refractivity contribution is -0.157. The minimum atomic E-state index is -1.05. The van der Waals surface area contributed by atoms with Gasteiger partial charge in [0.15, 0.2) is 12.4 Å². The van der Waals surface area contributed by atoms with Crippen LogP contribution in [0.4, 0.5) is 0 Å². The Bertz CT molecular complexity index is 930. The molecule has 6 rings (SSSR count). The van der Waals surface area contributed by atoms with Gasteiger partial charge in [-0.15, -0.1) is 0 Å². The van der Waals surface area contributed by atoms with Gasteiger partial charge in [0.2, 0.25) is 11.8 Å². The van der Waals surface area contributed by atoms with E-state index in [4.69, 9.17) is 9.47 Å². The number of carbonyl (C=O) groups excluding carboxylic acids is 4. The van der Waals surface area contributed by atoms with Crippen molar-refractivity contribution in [3.63, 3.8) is 0 Å². The monoisotopic (exact) mass is 409 g/mol. The third-order valence-electron chi connectivity index (χ3n) is 7.18. The highest BCUT2D eigenvalue weighted by Gasteiger charge is 2.67. The fourth-order valence-electron chi connectivity index (χ4n) is 5.58. The molecule has 7 atom stereocenters. The maximum atomic E-state index is 13.1. The number of likely N-dealkylation sites (tertiary alicyclic amines) is 1. The average Bonchev–Trinajstić information content (AvgIpc) is 3.55. The van der Waals surface area contributed by atoms with E-state index in [1.165, 1.54) is 14.0 Å². The summed E-state index contributed by atoms with van der Waals surface area (Å²) in [6.45, 7) is 1.04. The van der Waals surface area contributed by atoms with Gasteiger partial charge in [-0.2, -0.15) is 0 Å². The normalized spacial score (nSPS) is 33.7. The minimum Gasteiger partial charge on any atom is -0.497 e. The number of nitrogens with zero attached hydrogens (tertiary/aromatic N) is 1. The van der Waals surface area contributed by atoms with Crippen molar-refractivity contribution in [1.29, 1.82) is 0 Å². The highest BCUT2D eigenvalue weighted by Crippen LogP contribution is 2.65. The number of ether oxygens (including phenoxy) is 2. The lowest BCUT2D eigenvalue weighted by atomic mass is 9.63. The second-order valence-corrected chi connectivity index (χ2v) is 8.64. The highest BCUT2D eigenvalue weighted by atomic mass is 16.5. The van der Waals surface area contributed by atoms with E-state index in [2.05, 4.69) is 12.2 Å². The van der Waals surface area contributed by atoms with Crippen molar-refractivity contribution in [3.05, 3.63) is 42.0 Å². The Hall–Kier alpha value is -2.96. The van der Waals surface area contributed by atoms with Gasteiger partial charge >= 0.3 is 5.97 Å². The van der Waals surface area contributed by atoms with Gasteiger partial charge in [0.05, 0.1) is 18.9 Å². The zero-order valence-electron chi connectivity index (χ0n) is 16.8. The number of Topliss-reactive ketones (excluding diaryl/α,β-unsaturated/α-hetero) is 1. The molecule has 1 saturated heterocycles. The first-order valence-electron chi connectivity index (χ1n) is 10.3. The molecule has 0 N–H and O–H groups in total. The third-order valence-corrected chi connectivity index (χ3v) is 7.18. The van der Waals surface area contributed by atoms with Crippen LogP contribution < -0.4 is 4.74 Å². The van der Waals surface area contributed by atoms with Gasteiger partial charge in [0, 0.05) is 5.56 Å². The van der Waals surface area contributed by atoms with Crippen molar-refractivity contribution in [2.45, 2.75) is 19.4 Å². The number of rotatable bonds is 6. The molecule has 0 unspecified atom stereocenters. The number of benzene rings is 1. The summed E-state index contributed by atoms with van der Waals surface area (Å²) in [4.78, 5) is 52.0. The van der Waals surface area contributed by atoms with Gasteiger partial charge in [-0.3, -0.25) is 19.3 Å². The molecule has 2 saturated carbocycles. The molecule has 2 amide bonds. The largest absolute Gasteiger partial charge is 0.497 e. The second-order valence-electron chi connectivity index (χ2n) is 8.64. The standard InChI is InChI=1S/C23H23NO6/c1-11(23(28)30-10-18(25)12-3-5-13(29-2)6-4-12)24-21(26)19-14-7-8-15(17-9-16(14)17)20(19)22(24)27/h3-8,11,14-17,19-20H,9-10H2,1-2H3/t11-,14-,15-,16-,17-,19+,20+/m0/s1. The van der Waals surface area contributed by atoms with Gasteiger partial charge in [-0.1, -0.05) is 12.2 Å². The number of hydrogen-bond donors (Lipinski definition) is 0. The van der Waals surface area contributed by atoms with Gasteiger partial charge in [-0.05, 0) is 61.3 Å². The molecule has 1 aromatic rings. The molecular formula is C23H23NO6. The van der Waals surface area contributed by atoms with Crippen molar-refractivity contribution in [2.24, 2.45) is 35.5 Å². The fraction of sp³-hybridized carbons (Fsp3) is 0.478. The topological polar surface area (TPSA) is 90.0 Å². The number of carbonyl (C=O) groups is 4. The number of imide groups is 1. The maximum absolute atomic E-state index is 13.1. The van der Waals surface area contributed by atoms with E-state index in [9.17, 15) is 19.2 Å². The second kappa shape index (κ2) is 6.79. The van der Waals surface area contributed by atoms with Gasteiger partial charge < -0.3 is 9.47 Å². The van der Waals surface area contributed by atoms with Crippen LogP contribution in [-0.4, -0.2) is 48.2 Å². The van der Waals surface area contributed by atoms with Crippen LogP contribution in [0, 0.1) is 35.5 Å². The van der Waals surface area contributed by atoms with E-state index in [0.717, 1.165) is 11.3 Å². The van der Waals surface area contributed by atoms with E-state index in [1.807, 2.05) is 0 Å². The van der Waals surface area contributed by atoms with Crippen molar-refractivity contribution >= 4 is 23.6 Å². The predicted octanol–water partition coefficient (Wildman–Crippen LogP) is 1.86. The van der Waals surface area contributed by atoms with Crippen molar-refractivity contribution in [2.75, 3.05) is 13.7 Å². The first kappa shape index (κ1) is 19.0. The molecule has 7 heteroatoms. The average molecular weight is 409 g/mol. The van der Waals surface area contributed by atoms with E-state index in [1.54, 1.807) is 24.3 Å². The molecule has 4 aliphatic carbocycles. The van der Waals surface area contributed by atoms with Crippen LogP contribution in [0.1, 0.15) is 23.7 Å². The van der Waals surface area contributed by atoms with E-state index in [-0.39, 0.29) is 41.3 Å².